The lowest BCUT2D eigenvalue weighted by atomic mass is 9.76. The molecule has 0 aliphatic heterocycles. The molecule has 1 nitrogen and oxygen atoms in total. The Labute approximate surface area is 300 Å². The van der Waals surface area contributed by atoms with E-state index >= 15 is 0 Å². The molecule has 1 aromatic heterocycles. The van der Waals surface area contributed by atoms with Crippen LogP contribution in [-0.2, 0) is 0 Å². The minimum absolute atomic E-state index is 0.918. The lowest BCUT2D eigenvalue weighted by Gasteiger charge is -2.27. The Balaban J connectivity index is 1.43. The molecule has 0 bridgehead atoms. The van der Waals surface area contributed by atoms with Gasteiger partial charge in [-0.1, -0.05) is 78.9 Å². The molecule has 0 aliphatic rings. The van der Waals surface area contributed by atoms with Crippen LogP contribution in [0.4, 0.5) is 0 Å². The minimum atomic E-state index is 0.918. The van der Waals surface area contributed by atoms with E-state index in [0.29, 0.717) is 0 Å². The van der Waals surface area contributed by atoms with E-state index in [9.17, 15) is 0 Å². The third-order valence-electron chi connectivity index (χ3n) is 12.3. The lowest BCUT2D eigenvalue weighted by molar-refractivity contribution is 0.669. The molecule has 0 atom stereocenters. The Kier molecular flexibility index (Phi) is 7.03. The summed E-state index contributed by atoms with van der Waals surface area (Å²) in [7, 11) is 0. The van der Waals surface area contributed by atoms with Crippen molar-refractivity contribution in [1.29, 1.82) is 0 Å². The van der Waals surface area contributed by atoms with Gasteiger partial charge in [-0.05, 0) is 196 Å². The zero-order valence-corrected chi connectivity index (χ0v) is 30.8. The normalized spacial score (nSPS) is 11.9. The Bertz CT molecular complexity index is 2820. The maximum atomic E-state index is 6.57. The molecule has 0 N–H and O–H groups in total. The summed E-state index contributed by atoms with van der Waals surface area (Å²) in [6.45, 7) is 18.5. The quantitative estimate of drug-likeness (QED) is 0.172. The molecule has 0 aliphatic carbocycles. The predicted molar refractivity (Wildman–Crippen MR) is 220 cm³/mol. The van der Waals surface area contributed by atoms with E-state index in [4.69, 9.17) is 4.42 Å². The minimum Gasteiger partial charge on any atom is -0.456 e. The zero-order valence-electron chi connectivity index (χ0n) is 30.8. The van der Waals surface area contributed by atoms with Gasteiger partial charge in [0.25, 0.3) is 0 Å². The number of fused-ring (bicyclic) bond motifs is 6. The first kappa shape index (κ1) is 31.3. The SMILES string of the molecule is Cc1c(C)c(C)c2c(-c3ccc4oc5cc6ccc(-c7ccccc7)cc6cc5c4c3)c3c(C)c(C)c(C)c(C)c3c(-c3ccccc3)c2c1C. The van der Waals surface area contributed by atoms with Crippen LogP contribution in [0.1, 0.15) is 44.5 Å². The smallest absolute Gasteiger partial charge is 0.136 e. The van der Waals surface area contributed by atoms with Crippen molar-refractivity contribution in [3.63, 3.8) is 0 Å². The Morgan fingerprint density at radius 1 is 0.314 bits per heavy atom. The number of furan rings is 1. The summed E-state index contributed by atoms with van der Waals surface area (Å²) >= 11 is 0. The third kappa shape index (κ3) is 4.54. The second-order valence-electron chi connectivity index (χ2n) is 14.7. The highest BCUT2D eigenvalue weighted by Gasteiger charge is 2.26. The first-order chi connectivity index (χ1) is 24.6. The molecule has 0 unspecified atom stereocenters. The molecular formula is C50H42O. The van der Waals surface area contributed by atoms with E-state index in [1.165, 1.54) is 110 Å². The molecule has 1 heterocycles. The predicted octanol–water partition coefficient (Wildman–Crippen LogP) is 14.5. The van der Waals surface area contributed by atoms with Crippen molar-refractivity contribution >= 4 is 54.3 Å². The Morgan fingerprint density at radius 2 is 0.784 bits per heavy atom. The van der Waals surface area contributed by atoms with Crippen molar-refractivity contribution in [3.05, 3.63) is 154 Å². The van der Waals surface area contributed by atoms with Crippen molar-refractivity contribution in [3.8, 4) is 33.4 Å². The number of benzene rings is 8. The van der Waals surface area contributed by atoms with E-state index in [2.05, 4.69) is 165 Å². The summed E-state index contributed by atoms with van der Waals surface area (Å²) in [5.41, 5.74) is 20.4. The Morgan fingerprint density at radius 3 is 1.33 bits per heavy atom. The highest BCUT2D eigenvalue weighted by molar-refractivity contribution is 6.26. The molecule has 0 saturated heterocycles. The van der Waals surface area contributed by atoms with Gasteiger partial charge in [-0.15, -0.1) is 0 Å². The molecule has 248 valence electrons. The van der Waals surface area contributed by atoms with Crippen LogP contribution in [0.25, 0.3) is 87.6 Å². The van der Waals surface area contributed by atoms with E-state index in [0.717, 1.165) is 21.9 Å². The fourth-order valence-electron chi connectivity index (χ4n) is 8.79. The van der Waals surface area contributed by atoms with Crippen LogP contribution < -0.4 is 0 Å². The number of aryl methyl sites for hydroxylation is 4. The third-order valence-corrected chi connectivity index (χ3v) is 12.3. The zero-order chi connectivity index (χ0) is 35.3. The molecule has 8 aromatic carbocycles. The van der Waals surface area contributed by atoms with Crippen molar-refractivity contribution < 1.29 is 4.42 Å². The largest absolute Gasteiger partial charge is 0.456 e. The second kappa shape index (κ2) is 11.4. The van der Waals surface area contributed by atoms with Gasteiger partial charge < -0.3 is 4.42 Å². The summed E-state index contributed by atoms with van der Waals surface area (Å²) in [6, 6.07) is 39.9. The van der Waals surface area contributed by atoms with Gasteiger partial charge in [0.05, 0.1) is 0 Å². The van der Waals surface area contributed by atoms with Gasteiger partial charge in [0.1, 0.15) is 11.2 Å². The topological polar surface area (TPSA) is 13.1 Å². The van der Waals surface area contributed by atoms with Gasteiger partial charge >= 0.3 is 0 Å². The van der Waals surface area contributed by atoms with Crippen molar-refractivity contribution in [2.24, 2.45) is 0 Å². The monoisotopic (exact) mass is 658 g/mol. The summed E-state index contributed by atoms with van der Waals surface area (Å²) in [6.07, 6.45) is 0. The van der Waals surface area contributed by atoms with Crippen LogP contribution in [0.2, 0.25) is 0 Å². The first-order valence-electron chi connectivity index (χ1n) is 18.1. The van der Waals surface area contributed by atoms with E-state index in [1.54, 1.807) is 0 Å². The number of hydrogen-bond donors (Lipinski definition) is 0. The molecule has 0 spiro atoms. The average Bonchev–Trinajstić information content (AvgIpc) is 3.52. The van der Waals surface area contributed by atoms with Crippen LogP contribution in [0, 0.1) is 55.4 Å². The lowest BCUT2D eigenvalue weighted by Crippen LogP contribution is -2.03. The van der Waals surface area contributed by atoms with Crippen molar-refractivity contribution in [1.82, 2.24) is 0 Å². The summed E-state index contributed by atoms with van der Waals surface area (Å²) in [5, 5.41) is 10.2. The van der Waals surface area contributed by atoms with Crippen LogP contribution in [-0.4, -0.2) is 0 Å². The summed E-state index contributed by atoms with van der Waals surface area (Å²) < 4.78 is 6.57. The average molecular weight is 659 g/mol. The Hall–Kier alpha value is -5.66. The maximum Gasteiger partial charge on any atom is 0.136 e. The molecular weight excluding hydrogens is 617 g/mol. The van der Waals surface area contributed by atoms with Gasteiger partial charge in [-0.2, -0.15) is 0 Å². The maximum absolute atomic E-state index is 6.57. The molecule has 51 heavy (non-hydrogen) atoms. The van der Waals surface area contributed by atoms with Gasteiger partial charge in [0.2, 0.25) is 0 Å². The van der Waals surface area contributed by atoms with Crippen LogP contribution >= 0.6 is 0 Å². The molecule has 0 saturated carbocycles. The first-order valence-corrected chi connectivity index (χ1v) is 18.1. The second-order valence-corrected chi connectivity index (χ2v) is 14.7. The number of rotatable bonds is 3. The standard InChI is InChI=1S/C50H42O/c1-27-29(3)33(7)47-45(31(27)5)49(36-17-13-10-14-18-36)46-32(6)28(2)30(4)34(8)48(46)50(47)39-21-22-43-41(24-39)42-25-40-23-37(35-15-11-9-12-16-35)19-20-38(40)26-44(42)51-43/h9-26H,1-8H3. The van der Waals surface area contributed by atoms with Crippen molar-refractivity contribution in [2.75, 3.05) is 0 Å². The molecule has 0 amide bonds. The van der Waals surface area contributed by atoms with Gasteiger partial charge in [0, 0.05) is 10.8 Å². The van der Waals surface area contributed by atoms with Gasteiger partial charge in [-0.3, -0.25) is 0 Å². The van der Waals surface area contributed by atoms with Crippen LogP contribution in [0.3, 0.4) is 0 Å². The molecule has 1 heteroatoms. The van der Waals surface area contributed by atoms with Crippen LogP contribution in [0.5, 0.6) is 0 Å². The van der Waals surface area contributed by atoms with Crippen LogP contribution in [0.15, 0.2) is 114 Å². The molecule has 9 aromatic rings. The summed E-state index contributed by atoms with van der Waals surface area (Å²) in [5.74, 6) is 0. The molecule has 9 rings (SSSR count). The van der Waals surface area contributed by atoms with Gasteiger partial charge in [-0.25, -0.2) is 0 Å². The highest BCUT2D eigenvalue weighted by Crippen LogP contribution is 2.51. The molecule has 0 fully saturated rings. The van der Waals surface area contributed by atoms with Gasteiger partial charge in [0.15, 0.2) is 0 Å². The van der Waals surface area contributed by atoms with Crippen molar-refractivity contribution in [2.45, 2.75) is 55.4 Å². The summed E-state index contributed by atoms with van der Waals surface area (Å²) in [4.78, 5) is 0. The fraction of sp³-hybridized carbons (Fsp3) is 0.160. The van der Waals surface area contributed by atoms with E-state index < -0.39 is 0 Å². The van der Waals surface area contributed by atoms with E-state index in [1.807, 2.05) is 0 Å². The molecule has 0 radical (unpaired) electrons. The highest BCUT2D eigenvalue weighted by atomic mass is 16.3. The number of hydrogen-bond acceptors (Lipinski definition) is 1. The van der Waals surface area contributed by atoms with E-state index in [-0.39, 0.29) is 0 Å². The fourth-order valence-corrected chi connectivity index (χ4v) is 8.79.